The first-order chi connectivity index (χ1) is 18.9. The first-order valence-electron chi connectivity index (χ1n) is 12.6. The van der Waals surface area contributed by atoms with Crippen LogP contribution < -0.4 is 0 Å². The zero-order valence-corrected chi connectivity index (χ0v) is 20.4. The van der Waals surface area contributed by atoms with Crippen LogP contribution in [-0.4, -0.2) is 24.1 Å². The molecule has 0 aliphatic carbocycles. The van der Waals surface area contributed by atoms with Crippen LogP contribution in [0.25, 0.3) is 66.4 Å². The highest BCUT2D eigenvalue weighted by atomic mass is 15.1. The fraction of sp³-hybridized carbons (Fsp3) is 0. The van der Waals surface area contributed by atoms with Gasteiger partial charge in [-0.15, -0.1) is 0 Å². The molecule has 0 N–H and O–H groups in total. The van der Waals surface area contributed by atoms with E-state index < -0.39 is 0 Å². The monoisotopic (exact) mass is 487 g/mol. The molecule has 5 aromatic heterocycles. The molecule has 0 amide bonds. The Kier molecular flexibility index (Phi) is 4.45. The highest BCUT2D eigenvalue weighted by molar-refractivity contribution is 6.24. The number of benzene rings is 3. The van der Waals surface area contributed by atoms with Crippen LogP contribution in [0.1, 0.15) is 0 Å². The lowest BCUT2D eigenvalue weighted by atomic mass is 10.1. The van der Waals surface area contributed by atoms with Gasteiger partial charge in [0.2, 0.25) is 0 Å². The molecule has 0 bridgehead atoms. The Morgan fingerprint density at radius 1 is 0.526 bits per heavy atom. The SMILES string of the molecule is c1ccc(-c2cccc(-n3c4cnccc4c4c3ncc3c5ncccc5n(-c5ccccc5)c34)c2)cc1. The first-order valence-corrected chi connectivity index (χ1v) is 12.6. The minimum atomic E-state index is 0.894. The van der Waals surface area contributed by atoms with Crippen molar-refractivity contribution in [1.29, 1.82) is 0 Å². The van der Waals surface area contributed by atoms with E-state index in [0.29, 0.717) is 0 Å². The predicted octanol–water partition coefficient (Wildman–Crippen LogP) is 7.73. The Labute approximate surface area is 218 Å². The molecule has 5 heterocycles. The van der Waals surface area contributed by atoms with Crippen LogP contribution in [0.3, 0.4) is 0 Å². The largest absolute Gasteiger partial charge is 0.307 e. The van der Waals surface area contributed by atoms with Gasteiger partial charge >= 0.3 is 0 Å². The van der Waals surface area contributed by atoms with Crippen LogP contribution in [0.15, 0.2) is 128 Å². The highest BCUT2D eigenvalue weighted by Gasteiger charge is 2.22. The van der Waals surface area contributed by atoms with Crippen molar-refractivity contribution in [2.45, 2.75) is 0 Å². The summed E-state index contributed by atoms with van der Waals surface area (Å²) in [6, 6.07) is 35.8. The average molecular weight is 488 g/mol. The number of para-hydroxylation sites is 1. The van der Waals surface area contributed by atoms with Crippen LogP contribution in [-0.2, 0) is 0 Å². The maximum Gasteiger partial charge on any atom is 0.147 e. The minimum absolute atomic E-state index is 0.894. The van der Waals surface area contributed by atoms with Crippen molar-refractivity contribution >= 4 is 43.9 Å². The van der Waals surface area contributed by atoms with Gasteiger partial charge in [-0.05, 0) is 53.6 Å². The molecule has 178 valence electrons. The summed E-state index contributed by atoms with van der Waals surface area (Å²) in [4.78, 5) is 14.3. The van der Waals surface area contributed by atoms with E-state index in [9.17, 15) is 0 Å². The summed E-state index contributed by atoms with van der Waals surface area (Å²) in [6.07, 6.45) is 7.62. The standard InChI is InChI=1S/C33H21N5/c1-3-9-22(10-4-1)23-11-7-14-25(19-23)38-29-21-34-18-16-26(29)30-32-27(20-36-33(30)38)31-28(15-8-17-35-31)37(32)24-12-5-2-6-13-24/h1-21H. The fourth-order valence-electron chi connectivity index (χ4n) is 5.67. The molecular weight excluding hydrogens is 466 g/mol. The first kappa shape index (κ1) is 20.9. The molecule has 0 atom stereocenters. The lowest BCUT2D eigenvalue weighted by Crippen LogP contribution is -1.97. The van der Waals surface area contributed by atoms with Crippen molar-refractivity contribution in [2.24, 2.45) is 0 Å². The van der Waals surface area contributed by atoms with Crippen molar-refractivity contribution in [3.8, 4) is 22.5 Å². The quantitative estimate of drug-likeness (QED) is 0.256. The number of rotatable bonds is 3. The van der Waals surface area contributed by atoms with Gasteiger partial charge in [-0.25, -0.2) is 4.98 Å². The van der Waals surface area contributed by atoms with E-state index in [4.69, 9.17) is 9.97 Å². The molecule has 0 spiro atoms. The predicted molar refractivity (Wildman–Crippen MR) is 154 cm³/mol. The summed E-state index contributed by atoms with van der Waals surface area (Å²) in [7, 11) is 0. The lowest BCUT2D eigenvalue weighted by molar-refractivity contribution is 1.13. The van der Waals surface area contributed by atoms with E-state index in [1.165, 1.54) is 5.56 Å². The van der Waals surface area contributed by atoms with Gasteiger partial charge in [0.25, 0.3) is 0 Å². The summed E-state index contributed by atoms with van der Waals surface area (Å²) >= 11 is 0. The third kappa shape index (κ3) is 2.96. The normalized spacial score (nSPS) is 11.7. The maximum atomic E-state index is 5.06. The molecule has 0 aliphatic heterocycles. The molecule has 0 saturated heterocycles. The van der Waals surface area contributed by atoms with E-state index >= 15 is 0 Å². The second-order valence-corrected chi connectivity index (χ2v) is 9.41. The summed E-state index contributed by atoms with van der Waals surface area (Å²) in [5, 5.41) is 3.23. The second kappa shape index (κ2) is 8.11. The number of hydrogen-bond acceptors (Lipinski definition) is 3. The van der Waals surface area contributed by atoms with Crippen molar-refractivity contribution in [2.75, 3.05) is 0 Å². The second-order valence-electron chi connectivity index (χ2n) is 9.41. The molecule has 8 aromatic rings. The zero-order chi connectivity index (χ0) is 25.1. The fourth-order valence-corrected chi connectivity index (χ4v) is 5.67. The van der Waals surface area contributed by atoms with Crippen LogP contribution in [0, 0.1) is 0 Å². The summed E-state index contributed by atoms with van der Waals surface area (Å²) in [6.45, 7) is 0. The Balaban J connectivity index is 1.53. The smallest absolute Gasteiger partial charge is 0.147 e. The third-order valence-corrected chi connectivity index (χ3v) is 7.29. The van der Waals surface area contributed by atoms with Crippen molar-refractivity contribution < 1.29 is 0 Å². The molecular formula is C33H21N5. The van der Waals surface area contributed by atoms with Gasteiger partial charge in [0.05, 0.1) is 33.6 Å². The molecule has 0 radical (unpaired) electrons. The molecule has 5 nitrogen and oxygen atoms in total. The van der Waals surface area contributed by atoms with E-state index in [0.717, 1.165) is 60.8 Å². The van der Waals surface area contributed by atoms with Crippen molar-refractivity contribution in [3.63, 3.8) is 0 Å². The topological polar surface area (TPSA) is 48.5 Å². The van der Waals surface area contributed by atoms with E-state index in [-0.39, 0.29) is 0 Å². The summed E-state index contributed by atoms with van der Waals surface area (Å²) < 4.78 is 4.54. The molecule has 0 fully saturated rings. The van der Waals surface area contributed by atoms with Gasteiger partial charge in [-0.2, -0.15) is 0 Å². The molecule has 0 unspecified atom stereocenters. The van der Waals surface area contributed by atoms with Crippen LogP contribution in [0.5, 0.6) is 0 Å². The van der Waals surface area contributed by atoms with E-state index in [1.807, 2.05) is 43.0 Å². The van der Waals surface area contributed by atoms with Gasteiger partial charge in [0.1, 0.15) is 5.65 Å². The molecule has 0 saturated carbocycles. The number of pyridine rings is 3. The lowest BCUT2D eigenvalue weighted by Gasteiger charge is -2.10. The van der Waals surface area contributed by atoms with E-state index in [1.54, 1.807) is 0 Å². The van der Waals surface area contributed by atoms with Crippen LogP contribution >= 0.6 is 0 Å². The minimum Gasteiger partial charge on any atom is -0.307 e. The average Bonchev–Trinajstić information content (AvgIpc) is 3.51. The van der Waals surface area contributed by atoms with Gasteiger partial charge in [0.15, 0.2) is 0 Å². The highest BCUT2D eigenvalue weighted by Crippen LogP contribution is 2.40. The van der Waals surface area contributed by atoms with Crippen molar-refractivity contribution in [1.82, 2.24) is 24.1 Å². The van der Waals surface area contributed by atoms with Crippen LogP contribution in [0.4, 0.5) is 0 Å². The number of fused-ring (bicyclic) bond motifs is 7. The van der Waals surface area contributed by atoms with Gasteiger partial charge in [0, 0.05) is 40.7 Å². The Morgan fingerprint density at radius 3 is 2.18 bits per heavy atom. The molecule has 38 heavy (non-hydrogen) atoms. The summed E-state index contributed by atoms with van der Waals surface area (Å²) in [5.74, 6) is 0. The zero-order valence-electron chi connectivity index (χ0n) is 20.4. The molecule has 5 heteroatoms. The Morgan fingerprint density at radius 2 is 1.32 bits per heavy atom. The number of nitrogens with zero attached hydrogens (tertiary/aromatic N) is 5. The summed E-state index contributed by atoms with van der Waals surface area (Å²) in [5.41, 5.74) is 9.50. The molecule has 0 aliphatic rings. The number of aromatic nitrogens is 5. The van der Waals surface area contributed by atoms with E-state index in [2.05, 4.69) is 99.0 Å². The maximum absolute atomic E-state index is 5.06. The van der Waals surface area contributed by atoms with Crippen LogP contribution in [0.2, 0.25) is 0 Å². The van der Waals surface area contributed by atoms with Gasteiger partial charge in [-0.3, -0.25) is 14.5 Å². The molecule has 3 aromatic carbocycles. The van der Waals surface area contributed by atoms with Crippen molar-refractivity contribution in [3.05, 3.63) is 128 Å². The van der Waals surface area contributed by atoms with Gasteiger partial charge < -0.3 is 4.57 Å². The Hall–Kier alpha value is -5.29. The van der Waals surface area contributed by atoms with Gasteiger partial charge in [-0.1, -0.05) is 60.7 Å². The Bertz CT molecular complexity index is 2120. The third-order valence-electron chi connectivity index (χ3n) is 7.29. The number of hydrogen-bond donors (Lipinski definition) is 0. The molecule has 8 rings (SSSR count).